The molecule has 3 nitrogen and oxygen atoms in total. The van der Waals surface area contributed by atoms with Crippen LogP contribution in [0.5, 0.6) is 0 Å². The monoisotopic (exact) mass is 429 g/mol. The molecule has 3 heteroatoms. The normalized spacial score (nSPS) is 11.7. The molecule has 0 aliphatic heterocycles. The summed E-state index contributed by atoms with van der Waals surface area (Å²) in [5.41, 5.74) is 6.16. The molecule has 0 fully saturated rings. The van der Waals surface area contributed by atoms with Gasteiger partial charge in [0.2, 0.25) is 0 Å². The largest absolute Gasteiger partial charge is 0.208 e. The van der Waals surface area contributed by atoms with E-state index in [0.29, 0.717) is 17.5 Å². The summed E-state index contributed by atoms with van der Waals surface area (Å²) in [5.74, 6) is 1.98. The van der Waals surface area contributed by atoms with Crippen molar-refractivity contribution in [2.75, 3.05) is 0 Å². The van der Waals surface area contributed by atoms with Gasteiger partial charge in [-0.3, -0.25) is 0 Å². The van der Waals surface area contributed by atoms with E-state index in [0.717, 1.165) is 33.4 Å². The number of hydrogen-bond donors (Lipinski definition) is 0. The molecular weight excluding hydrogens is 402 g/mol. The summed E-state index contributed by atoms with van der Waals surface area (Å²) in [7, 11) is 0. The minimum absolute atomic E-state index is 0.661. The summed E-state index contributed by atoms with van der Waals surface area (Å²) in [5, 5.41) is 0. The quantitative estimate of drug-likeness (QED) is 0.312. The minimum atomic E-state index is 0.661. The number of hydrogen-bond acceptors (Lipinski definition) is 3. The lowest BCUT2D eigenvalue weighted by atomic mass is 10.0. The van der Waals surface area contributed by atoms with Crippen LogP contribution in [-0.4, -0.2) is 15.0 Å². The van der Waals surface area contributed by atoms with E-state index in [-0.39, 0.29) is 0 Å². The predicted octanol–water partition coefficient (Wildman–Crippen LogP) is 7.97. The van der Waals surface area contributed by atoms with Crippen LogP contribution >= 0.6 is 0 Å². The first-order chi connectivity index (χ1) is 16.2. The smallest absolute Gasteiger partial charge is 0.164 e. The Bertz CT molecular complexity index is 1170. The van der Waals surface area contributed by atoms with Gasteiger partial charge in [-0.25, -0.2) is 15.0 Å². The van der Waals surface area contributed by atoms with Crippen LogP contribution in [0.25, 0.3) is 52.4 Å². The van der Waals surface area contributed by atoms with Gasteiger partial charge in [-0.1, -0.05) is 109 Å². The highest BCUT2D eigenvalue weighted by Crippen LogP contribution is 2.30. The van der Waals surface area contributed by atoms with Crippen LogP contribution in [0.3, 0.4) is 0 Å². The zero-order valence-corrected chi connectivity index (χ0v) is 19.2. The Kier molecular flexibility index (Phi) is 7.01. The molecule has 3 aromatic carbocycles. The van der Waals surface area contributed by atoms with Crippen LogP contribution < -0.4 is 0 Å². The fourth-order valence-electron chi connectivity index (χ4n) is 3.81. The summed E-state index contributed by atoms with van der Waals surface area (Å²) in [6.07, 6.45) is 12.3. The molecule has 0 spiro atoms. The van der Waals surface area contributed by atoms with Gasteiger partial charge in [-0.2, -0.15) is 0 Å². The average Bonchev–Trinajstić information content (AvgIpc) is 2.85. The number of aromatic nitrogens is 3. The van der Waals surface area contributed by atoms with Crippen molar-refractivity contribution in [3.05, 3.63) is 108 Å². The number of allylic oxidation sites excluding steroid dienone is 3. The molecule has 4 rings (SSSR count). The maximum atomic E-state index is 4.95. The Balaban J connectivity index is 2.02. The van der Waals surface area contributed by atoms with Crippen molar-refractivity contribution >= 4 is 18.2 Å². The van der Waals surface area contributed by atoms with Crippen LogP contribution in [0.1, 0.15) is 37.5 Å². The summed E-state index contributed by atoms with van der Waals surface area (Å²) in [6, 6.07) is 24.6. The van der Waals surface area contributed by atoms with Crippen LogP contribution in [0.15, 0.2) is 91.0 Å². The first-order valence-corrected chi connectivity index (χ1v) is 11.2. The third kappa shape index (κ3) is 4.88. The van der Waals surface area contributed by atoms with Gasteiger partial charge in [-0.05, 0) is 37.5 Å². The topological polar surface area (TPSA) is 38.7 Å². The second-order valence-electron chi connectivity index (χ2n) is 7.57. The van der Waals surface area contributed by atoms with Crippen LogP contribution in [-0.2, 0) is 0 Å². The molecule has 0 atom stereocenters. The zero-order valence-electron chi connectivity index (χ0n) is 19.2. The average molecular weight is 430 g/mol. The maximum absolute atomic E-state index is 4.95. The molecule has 0 aliphatic rings. The third-order valence-electron chi connectivity index (χ3n) is 5.28. The van der Waals surface area contributed by atoms with Crippen molar-refractivity contribution in [3.63, 3.8) is 0 Å². The van der Waals surface area contributed by atoms with Crippen LogP contribution in [0.4, 0.5) is 0 Å². The first kappa shape index (κ1) is 22.1. The fourth-order valence-corrected chi connectivity index (χ4v) is 3.81. The highest BCUT2D eigenvalue weighted by Gasteiger charge is 2.16. The van der Waals surface area contributed by atoms with Crippen LogP contribution in [0.2, 0.25) is 0 Å². The molecule has 1 aromatic heterocycles. The van der Waals surface area contributed by atoms with Crippen LogP contribution in [0, 0.1) is 0 Å². The Morgan fingerprint density at radius 2 is 0.697 bits per heavy atom. The standard InChI is InChI=1S/C30H27N3/c1-4-13-22-16-7-10-19-25(22)28-31-29(26-20-11-8-17-23(26)14-5-2)33-30(32-28)27-21-12-9-18-24(27)15-6-3/h4-21H,1-3H3/b13-4-,14-5-,15-6-. The van der Waals surface area contributed by atoms with Gasteiger partial charge < -0.3 is 0 Å². The molecule has 0 bridgehead atoms. The van der Waals surface area contributed by atoms with E-state index in [4.69, 9.17) is 15.0 Å². The second kappa shape index (κ2) is 10.5. The molecule has 4 aromatic rings. The SMILES string of the molecule is C/C=C\c1ccccc1-c1nc(-c2ccccc2/C=C\C)nc(-c2ccccc2/C=C\C)n1. The molecule has 0 N–H and O–H groups in total. The summed E-state index contributed by atoms with van der Waals surface area (Å²) >= 11 is 0. The highest BCUT2D eigenvalue weighted by atomic mass is 15.0. The molecule has 0 unspecified atom stereocenters. The van der Waals surface area contributed by atoms with E-state index in [2.05, 4.69) is 54.6 Å². The van der Waals surface area contributed by atoms with E-state index >= 15 is 0 Å². The fraction of sp³-hybridized carbons (Fsp3) is 0.100. The zero-order chi connectivity index (χ0) is 23.0. The minimum Gasteiger partial charge on any atom is -0.208 e. The van der Waals surface area contributed by atoms with Gasteiger partial charge in [0.1, 0.15) is 0 Å². The molecular formula is C30H27N3. The maximum Gasteiger partial charge on any atom is 0.164 e. The molecule has 1 heterocycles. The van der Waals surface area contributed by atoms with E-state index in [1.54, 1.807) is 0 Å². The Morgan fingerprint density at radius 3 is 0.970 bits per heavy atom. The van der Waals surface area contributed by atoms with Crippen molar-refractivity contribution in [1.82, 2.24) is 15.0 Å². The molecule has 33 heavy (non-hydrogen) atoms. The highest BCUT2D eigenvalue weighted by molar-refractivity contribution is 5.78. The molecule has 0 saturated carbocycles. The van der Waals surface area contributed by atoms with Gasteiger partial charge in [-0.15, -0.1) is 0 Å². The van der Waals surface area contributed by atoms with Gasteiger partial charge >= 0.3 is 0 Å². The number of rotatable bonds is 6. The second-order valence-corrected chi connectivity index (χ2v) is 7.57. The number of benzene rings is 3. The van der Waals surface area contributed by atoms with Crippen molar-refractivity contribution in [2.24, 2.45) is 0 Å². The van der Waals surface area contributed by atoms with E-state index in [1.165, 1.54) is 0 Å². The van der Waals surface area contributed by atoms with Gasteiger partial charge in [0.15, 0.2) is 17.5 Å². The van der Waals surface area contributed by atoms with E-state index in [9.17, 15) is 0 Å². The third-order valence-corrected chi connectivity index (χ3v) is 5.28. The van der Waals surface area contributed by atoms with Gasteiger partial charge in [0, 0.05) is 16.7 Å². The Hall–Kier alpha value is -4.11. The molecule has 0 saturated heterocycles. The number of nitrogens with zero attached hydrogens (tertiary/aromatic N) is 3. The van der Waals surface area contributed by atoms with Gasteiger partial charge in [0.25, 0.3) is 0 Å². The van der Waals surface area contributed by atoms with Crippen molar-refractivity contribution in [2.45, 2.75) is 20.8 Å². The lowest BCUT2D eigenvalue weighted by molar-refractivity contribution is 1.07. The van der Waals surface area contributed by atoms with Crippen molar-refractivity contribution < 1.29 is 0 Å². The summed E-state index contributed by atoms with van der Waals surface area (Å²) in [6.45, 7) is 6.05. The summed E-state index contributed by atoms with van der Waals surface area (Å²) in [4.78, 5) is 14.9. The Labute approximate surface area is 195 Å². The van der Waals surface area contributed by atoms with Gasteiger partial charge in [0.05, 0.1) is 0 Å². The Morgan fingerprint density at radius 1 is 0.424 bits per heavy atom. The first-order valence-electron chi connectivity index (χ1n) is 11.2. The predicted molar refractivity (Wildman–Crippen MR) is 140 cm³/mol. The molecule has 0 amide bonds. The molecule has 0 aliphatic carbocycles. The van der Waals surface area contributed by atoms with E-state index in [1.807, 2.05) is 75.4 Å². The van der Waals surface area contributed by atoms with Crippen molar-refractivity contribution in [3.8, 4) is 34.2 Å². The lowest BCUT2D eigenvalue weighted by Gasteiger charge is -2.12. The summed E-state index contributed by atoms with van der Waals surface area (Å²) < 4.78 is 0. The molecule has 162 valence electrons. The van der Waals surface area contributed by atoms with E-state index < -0.39 is 0 Å². The molecule has 0 radical (unpaired) electrons. The lowest BCUT2D eigenvalue weighted by Crippen LogP contribution is -2.02. The van der Waals surface area contributed by atoms with Crippen molar-refractivity contribution in [1.29, 1.82) is 0 Å².